The number of allylic oxidation sites excluding steroid dienone is 1. The van der Waals surface area contributed by atoms with Crippen LogP contribution >= 0.6 is 11.6 Å². The predicted octanol–water partition coefficient (Wildman–Crippen LogP) is 4.79. The van der Waals surface area contributed by atoms with Gasteiger partial charge in [-0.05, 0) is 25.1 Å². The number of nitrogens with zero attached hydrogens (tertiary/aromatic N) is 2. The van der Waals surface area contributed by atoms with Crippen LogP contribution in [-0.4, -0.2) is 9.55 Å². The molecule has 0 amide bonds. The molecule has 2 aromatic rings. The summed E-state index contributed by atoms with van der Waals surface area (Å²) in [6, 6.07) is 3.57. The van der Waals surface area contributed by atoms with Crippen molar-refractivity contribution in [3.63, 3.8) is 0 Å². The van der Waals surface area contributed by atoms with Crippen molar-refractivity contribution >= 4 is 23.2 Å². The lowest BCUT2D eigenvalue weighted by Crippen LogP contribution is -2.10. The minimum atomic E-state index is -4.50. The van der Waals surface area contributed by atoms with Crippen molar-refractivity contribution < 1.29 is 13.2 Å². The normalized spacial score (nSPS) is 11.5. The van der Waals surface area contributed by atoms with E-state index in [1.807, 2.05) is 0 Å². The van der Waals surface area contributed by atoms with E-state index in [1.54, 1.807) is 23.8 Å². The fraction of sp³-hybridized carbons (Fsp3) is 0.214. The Labute approximate surface area is 125 Å². The second-order valence-corrected chi connectivity index (χ2v) is 4.90. The summed E-state index contributed by atoms with van der Waals surface area (Å²) in [6.07, 6.45) is -1.13. The van der Waals surface area contributed by atoms with Crippen LogP contribution in [0.1, 0.15) is 11.3 Å². The highest BCUT2D eigenvalue weighted by atomic mass is 35.5. The molecular formula is C14H13ClF3N3. The Balaban J connectivity index is 2.42. The van der Waals surface area contributed by atoms with Gasteiger partial charge in [0.15, 0.2) is 0 Å². The van der Waals surface area contributed by atoms with Gasteiger partial charge >= 0.3 is 6.18 Å². The quantitative estimate of drug-likeness (QED) is 0.822. The van der Waals surface area contributed by atoms with Crippen LogP contribution in [-0.2, 0) is 12.7 Å². The van der Waals surface area contributed by atoms with Crippen molar-refractivity contribution in [1.29, 1.82) is 0 Å². The van der Waals surface area contributed by atoms with Crippen LogP contribution in [0.15, 0.2) is 37.1 Å². The van der Waals surface area contributed by atoms with E-state index < -0.39 is 11.7 Å². The minimum Gasteiger partial charge on any atom is -0.325 e. The zero-order valence-corrected chi connectivity index (χ0v) is 12.0. The van der Waals surface area contributed by atoms with Gasteiger partial charge in [0, 0.05) is 17.8 Å². The Kier molecular flexibility index (Phi) is 4.27. The SMILES string of the molecule is C=CCn1cc(C)nc1Nc1ccc(Cl)cc1C(F)(F)F. The number of hydrogen-bond acceptors (Lipinski definition) is 2. The molecule has 0 spiro atoms. The van der Waals surface area contributed by atoms with Gasteiger partial charge in [0.25, 0.3) is 0 Å². The lowest BCUT2D eigenvalue weighted by Gasteiger charge is -2.15. The van der Waals surface area contributed by atoms with Gasteiger partial charge in [0.05, 0.1) is 16.9 Å². The molecule has 1 N–H and O–H groups in total. The number of nitrogens with one attached hydrogen (secondary N) is 1. The maximum absolute atomic E-state index is 13.0. The minimum absolute atomic E-state index is 0.0264. The Morgan fingerprint density at radius 1 is 1.43 bits per heavy atom. The van der Waals surface area contributed by atoms with Crippen molar-refractivity contribution in [1.82, 2.24) is 9.55 Å². The summed E-state index contributed by atoms with van der Waals surface area (Å²) in [4.78, 5) is 4.17. The van der Waals surface area contributed by atoms with Gasteiger partial charge in [-0.2, -0.15) is 13.2 Å². The first-order valence-electron chi connectivity index (χ1n) is 6.09. The van der Waals surface area contributed by atoms with Gasteiger partial charge < -0.3 is 9.88 Å². The third-order valence-corrected chi connectivity index (χ3v) is 2.99. The topological polar surface area (TPSA) is 29.9 Å². The van der Waals surface area contributed by atoms with Crippen LogP contribution < -0.4 is 5.32 Å². The lowest BCUT2D eigenvalue weighted by atomic mass is 10.1. The molecule has 0 aliphatic carbocycles. The smallest absolute Gasteiger partial charge is 0.325 e. The zero-order valence-electron chi connectivity index (χ0n) is 11.2. The summed E-state index contributed by atoms with van der Waals surface area (Å²) in [5.74, 6) is 0.320. The average Bonchev–Trinajstić information content (AvgIpc) is 2.71. The van der Waals surface area contributed by atoms with Gasteiger partial charge in [0.1, 0.15) is 0 Å². The molecule has 0 saturated heterocycles. The first kappa shape index (κ1) is 15.4. The fourth-order valence-electron chi connectivity index (χ4n) is 1.91. The summed E-state index contributed by atoms with van der Waals surface area (Å²) < 4.78 is 40.8. The van der Waals surface area contributed by atoms with Crippen LogP contribution in [0.4, 0.5) is 24.8 Å². The number of anilines is 2. The first-order valence-corrected chi connectivity index (χ1v) is 6.47. The van der Waals surface area contributed by atoms with Crippen LogP contribution in [0.2, 0.25) is 5.02 Å². The molecule has 0 bridgehead atoms. The zero-order chi connectivity index (χ0) is 15.6. The summed E-state index contributed by atoms with van der Waals surface area (Å²) in [5.41, 5.74) is -0.231. The number of aryl methyl sites for hydroxylation is 1. The number of benzene rings is 1. The summed E-state index contributed by atoms with van der Waals surface area (Å²) in [6.45, 7) is 5.81. The van der Waals surface area contributed by atoms with E-state index in [-0.39, 0.29) is 10.7 Å². The molecule has 112 valence electrons. The molecule has 21 heavy (non-hydrogen) atoms. The summed E-state index contributed by atoms with van der Waals surface area (Å²) in [7, 11) is 0. The van der Waals surface area contributed by atoms with E-state index in [2.05, 4.69) is 16.9 Å². The summed E-state index contributed by atoms with van der Waals surface area (Å²) >= 11 is 5.65. The highest BCUT2D eigenvalue weighted by Crippen LogP contribution is 2.37. The molecule has 0 fully saturated rings. The second-order valence-electron chi connectivity index (χ2n) is 4.46. The molecule has 0 atom stereocenters. The van der Waals surface area contributed by atoms with Gasteiger partial charge in [-0.25, -0.2) is 4.98 Å². The first-order chi connectivity index (χ1) is 9.81. The molecule has 1 aromatic heterocycles. The van der Waals surface area contributed by atoms with E-state index in [0.717, 1.165) is 6.07 Å². The molecule has 7 heteroatoms. The molecule has 0 aliphatic heterocycles. The van der Waals surface area contributed by atoms with Crippen molar-refractivity contribution in [2.24, 2.45) is 0 Å². The molecule has 0 unspecified atom stereocenters. The molecule has 3 nitrogen and oxygen atoms in total. The number of aromatic nitrogens is 2. The molecule has 1 aromatic carbocycles. The highest BCUT2D eigenvalue weighted by molar-refractivity contribution is 6.30. The fourth-order valence-corrected chi connectivity index (χ4v) is 2.08. The number of hydrogen-bond donors (Lipinski definition) is 1. The number of alkyl halides is 3. The van der Waals surface area contributed by atoms with Crippen LogP contribution in [0.5, 0.6) is 0 Å². The number of imidazole rings is 1. The number of rotatable bonds is 4. The molecule has 2 rings (SSSR count). The Hall–Kier alpha value is -1.95. The Morgan fingerprint density at radius 3 is 2.76 bits per heavy atom. The van der Waals surface area contributed by atoms with Gasteiger partial charge in [-0.15, -0.1) is 6.58 Å². The van der Waals surface area contributed by atoms with Crippen molar-refractivity contribution in [3.8, 4) is 0 Å². The maximum atomic E-state index is 13.0. The van der Waals surface area contributed by atoms with Gasteiger partial charge in [-0.1, -0.05) is 17.7 Å². The van der Waals surface area contributed by atoms with Crippen molar-refractivity contribution in [2.75, 3.05) is 5.32 Å². The van der Waals surface area contributed by atoms with E-state index >= 15 is 0 Å². The van der Waals surface area contributed by atoms with Crippen molar-refractivity contribution in [2.45, 2.75) is 19.6 Å². The molecule has 1 heterocycles. The third kappa shape index (κ3) is 3.58. The maximum Gasteiger partial charge on any atom is 0.418 e. The largest absolute Gasteiger partial charge is 0.418 e. The molecule has 0 aliphatic rings. The average molecular weight is 316 g/mol. The van der Waals surface area contributed by atoms with Gasteiger partial charge in [-0.3, -0.25) is 0 Å². The van der Waals surface area contributed by atoms with E-state index in [1.165, 1.54) is 12.1 Å². The monoisotopic (exact) mass is 315 g/mol. The van der Waals surface area contributed by atoms with Crippen LogP contribution in [0.3, 0.4) is 0 Å². The van der Waals surface area contributed by atoms with Crippen LogP contribution in [0, 0.1) is 6.92 Å². The lowest BCUT2D eigenvalue weighted by molar-refractivity contribution is -0.136. The molecule has 0 saturated carbocycles. The number of halogens is 4. The summed E-state index contributed by atoms with van der Waals surface area (Å²) in [5, 5.41) is 2.73. The second kappa shape index (κ2) is 5.81. The predicted molar refractivity (Wildman–Crippen MR) is 76.9 cm³/mol. The highest BCUT2D eigenvalue weighted by Gasteiger charge is 2.34. The van der Waals surface area contributed by atoms with Gasteiger partial charge in [0.2, 0.25) is 5.95 Å². The molecular weight excluding hydrogens is 303 g/mol. The standard InChI is InChI=1S/C14H13ClF3N3/c1-3-6-21-8-9(2)19-13(21)20-12-5-4-10(15)7-11(12)14(16,17)18/h3-5,7-8H,1,6H2,2H3,(H,19,20). The Morgan fingerprint density at radius 2 is 2.14 bits per heavy atom. The van der Waals surface area contributed by atoms with Crippen molar-refractivity contribution in [3.05, 3.63) is 53.3 Å². The van der Waals surface area contributed by atoms with E-state index in [4.69, 9.17) is 11.6 Å². The third-order valence-electron chi connectivity index (χ3n) is 2.76. The molecule has 0 radical (unpaired) electrons. The van der Waals surface area contributed by atoms with E-state index in [9.17, 15) is 13.2 Å². The van der Waals surface area contributed by atoms with Crippen LogP contribution in [0.25, 0.3) is 0 Å². The van der Waals surface area contributed by atoms with E-state index in [0.29, 0.717) is 18.2 Å². The Bertz CT molecular complexity index is 662.